The molecule has 0 N–H and O–H groups in total. The SMILES string of the molecule is C=C1C(=O)N(CCCCCCCC)C(=O)/C1=C\C. The predicted octanol–water partition coefficient (Wildman–Crippen LogP) is 3.22. The third kappa shape index (κ3) is 3.31. The van der Waals surface area contributed by atoms with Crippen molar-refractivity contribution < 1.29 is 9.59 Å². The van der Waals surface area contributed by atoms with E-state index >= 15 is 0 Å². The van der Waals surface area contributed by atoms with Crippen LogP contribution in [-0.4, -0.2) is 23.3 Å². The summed E-state index contributed by atoms with van der Waals surface area (Å²) in [4.78, 5) is 25.0. The molecule has 1 heterocycles. The molecule has 18 heavy (non-hydrogen) atoms. The van der Waals surface area contributed by atoms with Gasteiger partial charge in [-0.1, -0.05) is 51.7 Å². The number of hydrogen-bond donors (Lipinski definition) is 0. The summed E-state index contributed by atoms with van der Waals surface area (Å²) in [6.45, 7) is 8.15. The molecule has 0 atom stereocenters. The zero-order valence-electron chi connectivity index (χ0n) is 11.5. The van der Waals surface area contributed by atoms with Crippen LogP contribution in [0.4, 0.5) is 0 Å². The van der Waals surface area contributed by atoms with Gasteiger partial charge in [0, 0.05) is 17.7 Å². The van der Waals surface area contributed by atoms with Gasteiger partial charge in [-0.3, -0.25) is 14.5 Å². The molecule has 0 spiro atoms. The van der Waals surface area contributed by atoms with Gasteiger partial charge >= 0.3 is 0 Å². The monoisotopic (exact) mass is 249 g/mol. The molecule has 2 amide bonds. The summed E-state index contributed by atoms with van der Waals surface area (Å²) >= 11 is 0. The molecule has 0 radical (unpaired) electrons. The lowest BCUT2D eigenvalue weighted by Gasteiger charge is -2.12. The van der Waals surface area contributed by atoms with Crippen LogP contribution < -0.4 is 0 Å². The lowest BCUT2D eigenvalue weighted by molar-refractivity contribution is -0.136. The van der Waals surface area contributed by atoms with Crippen molar-refractivity contribution >= 4 is 11.8 Å². The Morgan fingerprint density at radius 2 is 1.67 bits per heavy atom. The Labute approximate surface area is 110 Å². The maximum atomic E-state index is 11.9. The van der Waals surface area contributed by atoms with Crippen molar-refractivity contribution in [1.29, 1.82) is 0 Å². The van der Waals surface area contributed by atoms with Crippen molar-refractivity contribution in [3.63, 3.8) is 0 Å². The van der Waals surface area contributed by atoms with Gasteiger partial charge < -0.3 is 0 Å². The average molecular weight is 249 g/mol. The highest BCUT2D eigenvalue weighted by molar-refractivity contribution is 6.24. The summed E-state index contributed by atoms with van der Waals surface area (Å²) in [5.74, 6) is -0.400. The number of amides is 2. The predicted molar refractivity (Wildman–Crippen MR) is 73.0 cm³/mol. The van der Waals surface area contributed by atoms with Crippen LogP contribution in [0.15, 0.2) is 23.8 Å². The molecule has 0 aromatic carbocycles. The maximum absolute atomic E-state index is 11.9. The number of unbranched alkanes of at least 4 members (excludes halogenated alkanes) is 5. The molecule has 0 bridgehead atoms. The number of nitrogens with zero attached hydrogens (tertiary/aromatic N) is 1. The van der Waals surface area contributed by atoms with Crippen molar-refractivity contribution in [2.24, 2.45) is 0 Å². The first kappa shape index (κ1) is 14.7. The fourth-order valence-corrected chi connectivity index (χ4v) is 2.20. The van der Waals surface area contributed by atoms with Gasteiger partial charge in [0.1, 0.15) is 0 Å². The maximum Gasteiger partial charge on any atom is 0.261 e. The van der Waals surface area contributed by atoms with Gasteiger partial charge in [0.2, 0.25) is 0 Å². The van der Waals surface area contributed by atoms with Gasteiger partial charge in [-0.05, 0) is 13.3 Å². The van der Waals surface area contributed by atoms with E-state index in [4.69, 9.17) is 0 Å². The second-order valence-electron chi connectivity index (χ2n) is 4.71. The van der Waals surface area contributed by atoms with E-state index in [9.17, 15) is 9.59 Å². The zero-order chi connectivity index (χ0) is 13.5. The lowest BCUT2D eigenvalue weighted by atomic mass is 10.1. The number of carbonyl (C=O) groups is 2. The molecular weight excluding hydrogens is 226 g/mol. The highest BCUT2D eigenvalue weighted by atomic mass is 16.2. The number of allylic oxidation sites excluding steroid dienone is 1. The minimum Gasteiger partial charge on any atom is -0.274 e. The van der Waals surface area contributed by atoms with Crippen LogP contribution in [0, 0.1) is 0 Å². The number of likely N-dealkylation sites (tertiary alicyclic amines) is 1. The summed E-state index contributed by atoms with van der Waals surface area (Å²) in [5.41, 5.74) is 0.805. The van der Waals surface area contributed by atoms with Crippen molar-refractivity contribution in [2.75, 3.05) is 6.54 Å². The van der Waals surface area contributed by atoms with E-state index in [0.29, 0.717) is 17.7 Å². The molecule has 1 aliphatic heterocycles. The number of hydrogen-bond acceptors (Lipinski definition) is 2. The number of rotatable bonds is 7. The highest BCUT2D eigenvalue weighted by Gasteiger charge is 2.36. The molecule has 1 aliphatic rings. The van der Waals surface area contributed by atoms with Crippen LogP contribution in [-0.2, 0) is 9.59 Å². The van der Waals surface area contributed by atoms with Crippen LogP contribution in [0.2, 0.25) is 0 Å². The standard InChI is InChI=1S/C15H23NO2/c1-4-6-7-8-9-10-11-16-14(17)12(3)13(5-2)15(16)18/h5H,3-4,6-11H2,1-2H3/b13-5-. The molecule has 100 valence electrons. The van der Waals surface area contributed by atoms with Crippen molar-refractivity contribution in [1.82, 2.24) is 4.90 Å². The fourth-order valence-electron chi connectivity index (χ4n) is 2.20. The second kappa shape index (κ2) is 7.14. The largest absolute Gasteiger partial charge is 0.274 e. The van der Waals surface area contributed by atoms with Gasteiger partial charge in [-0.2, -0.15) is 0 Å². The zero-order valence-corrected chi connectivity index (χ0v) is 11.5. The van der Waals surface area contributed by atoms with E-state index in [-0.39, 0.29) is 11.8 Å². The summed E-state index contributed by atoms with van der Waals surface area (Å²) in [7, 11) is 0. The normalized spacial score (nSPS) is 18.2. The van der Waals surface area contributed by atoms with E-state index in [1.807, 2.05) is 0 Å². The van der Waals surface area contributed by atoms with E-state index in [1.165, 1.54) is 30.6 Å². The van der Waals surface area contributed by atoms with Gasteiger partial charge in [-0.25, -0.2) is 0 Å². The molecule has 0 saturated carbocycles. The van der Waals surface area contributed by atoms with Crippen molar-refractivity contribution in [2.45, 2.75) is 52.4 Å². The Hall–Kier alpha value is -1.38. The Morgan fingerprint density at radius 1 is 1.06 bits per heavy atom. The van der Waals surface area contributed by atoms with Crippen LogP contribution in [0.5, 0.6) is 0 Å². The first-order chi connectivity index (χ1) is 8.63. The van der Waals surface area contributed by atoms with Gasteiger partial charge in [0.15, 0.2) is 0 Å². The number of imide groups is 1. The van der Waals surface area contributed by atoms with Crippen molar-refractivity contribution in [3.05, 3.63) is 23.8 Å². The molecule has 0 aromatic rings. The minimum absolute atomic E-state index is 0.180. The topological polar surface area (TPSA) is 37.4 Å². The summed E-state index contributed by atoms with van der Waals surface area (Å²) in [6.07, 6.45) is 8.56. The van der Waals surface area contributed by atoms with Gasteiger partial charge in [-0.15, -0.1) is 0 Å². The quantitative estimate of drug-likeness (QED) is 0.394. The molecular formula is C15H23NO2. The molecule has 0 aromatic heterocycles. The second-order valence-corrected chi connectivity index (χ2v) is 4.71. The van der Waals surface area contributed by atoms with Gasteiger partial charge in [0.05, 0.1) is 0 Å². The Balaban J connectivity index is 2.37. The highest BCUT2D eigenvalue weighted by Crippen LogP contribution is 2.23. The first-order valence-electron chi connectivity index (χ1n) is 6.85. The molecule has 0 aliphatic carbocycles. The van der Waals surface area contributed by atoms with Crippen molar-refractivity contribution in [3.8, 4) is 0 Å². The van der Waals surface area contributed by atoms with Crippen LogP contribution in [0.3, 0.4) is 0 Å². The van der Waals surface area contributed by atoms with Crippen LogP contribution in [0.1, 0.15) is 52.4 Å². The lowest BCUT2D eigenvalue weighted by Crippen LogP contribution is -2.30. The van der Waals surface area contributed by atoms with Gasteiger partial charge in [0.25, 0.3) is 11.8 Å². The van der Waals surface area contributed by atoms with E-state index < -0.39 is 0 Å². The molecule has 1 fully saturated rings. The van der Waals surface area contributed by atoms with E-state index in [1.54, 1.807) is 13.0 Å². The molecule has 3 nitrogen and oxygen atoms in total. The summed E-state index contributed by atoms with van der Waals surface area (Å²) in [6, 6.07) is 0. The Kier molecular flexibility index (Phi) is 5.83. The Bertz CT molecular complexity index is 369. The molecule has 0 unspecified atom stereocenters. The van der Waals surface area contributed by atoms with E-state index in [0.717, 1.165) is 12.8 Å². The first-order valence-corrected chi connectivity index (χ1v) is 6.85. The molecule has 1 saturated heterocycles. The van der Waals surface area contributed by atoms with Crippen LogP contribution in [0.25, 0.3) is 0 Å². The molecule has 1 rings (SSSR count). The van der Waals surface area contributed by atoms with E-state index in [2.05, 4.69) is 13.5 Å². The van der Waals surface area contributed by atoms with Crippen LogP contribution >= 0.6 is 0 Å². The summed E-state index contributed by atoms with van der Waals surface area (Å²) in [5, 5.41) is 0. The summed E-state index contributed by atoms with van der Waals surface area (Å²) < 4.78 is 0. The number of carbonyl (C=O) groups excluding carboxylic acids is 2. The smallest absolute Gasteiger partial charge is 0.261 e. The fraction of sp³-hybridized carbons (Fsp3) is 0.600. The minimum atomic E-state index is -0.221. The molecule has 3 heteroatoms. The Morgan fingerprint density at radius 3 is 2.22 bits per heavy atom. The third-order valence-electron chi connectivity index (χ3n) is 3.33. The third-order valence-corrected chi connectivity index (χ3v) is 3.33. The average Bonchev–Trinajstić information content (AvgIpc) is 2.56.